The molecule has 0 aliphatic carbocycles. The maximum Gasteiger partial charge on any atom is 0.490 e. The van der Waals surface area contributed by atoms with E-state index in [9.17, 15) is 0 Å². The summed E-state index contributed by atoms with van der Waals surface area (Å²) in [6.07, 6.45) is 0.768. The summed E-state index contributed by atoms with van der Waals surface area (Å²) in [4.78, 5) is 0. The second-order valence-electron chi connectivity index (χ2n) is 8.39. The molecule has 0 spiro atoms. The molecule has 1 aliphatic rings. The molecule has 2 aromatic carbocycles. The van der Waals surface area contributed by atoms with Crippen LogP contribution in [0.3, 0.4) is 0 Å². The fraction of sp³-hybridized carbons (Fsp3) is 0.417. The number of hydrogen-bond donors (Lipinski definition) is 0. The van der Waals surface area contributed by atoms with Gasteiger partial charge in [-0.3, -0.25) is 0 Å². The van der Waals surface area contributed by atoms with Crippen molar-refractivity contribution in [3.63, 3.8) is 0 Å². The van der Waals surface area contributed by atoms with Gasteiger partial charge in [-0.1, -0.05) is 60.7 Å². The third kappa shape index (κ3) is 4.75. The highest BCUT2D eigenvalue weighted by Crippen LogP contribution is 2.40. The molecule has 4 heteroatoms. The van der Waals surface area contributed by atoms with Gasteiger partial charge in [0.15, 0.2) is 0 Å². The van der Waals surface area contributed by atoms with E-state index in [0.717, 1.165) is 11.9 Å². The quantitative estimate of drug-likeness (QED) is 0.457. The monoisotopic (exact) mass is 378 g/mol. The fourth-order valence-corrected chi connectivity index (χ4v) is 3.29. The van der Waals surface area contributed by atoms with E-state index in [1.165, 1.54) is 16.7 Å². The van der Waals surface area contributed by atoms with Crippen molar-refractivity contribution in [1.29, 1.82) is 0 Å². The van der Waals surface area contributed by atoms with Gasteiger partial charge in [0.05, 0.1) is 24.4 Å². The molecule has 148 valence electrons. The minimum absolute atomic E-state index is 0.356. The Morgan fingerprint density at radius 1 is 0.857 bits per heavy atom. The van der Waals surface area contributed by atoms with Crippen LogP contribution in [0.25, 0.3) is 5.57 Å². The van der Waals surface area contributed by atoms with E-state index in [-0.39, 0.29) is 18.3 Å². The molecule has 0 N–H and O–H groups in total. The van der Waals surface area contributed by atoms with Crippen molar-refractivity contribution in [3.8, 4) is 0 Å². The molecular weight excluding hydrogens is 347 g/mol. The van der Waals surface area contributed by atoms with Crippen LogP contribution in [0.2, 0.25) is 0 Å². The summed E-state index contributed by atoms with van der Waals surface area (Å²) in [6.45, 7) is 11.7. The number of allylic oxidation sites excluding steroid dienone is 1. The van der Waals surface area contributed by atoms with Crippen LogP contribution >= 0.6 is 0 Å². The summed E-state index contributed by atoms with van der Waals surface area (Å²) in [5.74, 6) is 0. The Hall–Kier alpha value is -1.88. The number of benzene rings is 2. The Bertz CT molecular complexity index is 781. The van der Waals surface area contributed by atoms with Crippen molar-refractivity contribution < 1.29 is 14.0 Å². The highest BCUT2D eigenvalue weighted by molar-refractivity contribution is 6.56. The highest BCUT2D eigenvalue weighted by atomic mass is 16.7. The third-order valence-corrected chi connectivity index (χ3v) is 5.85. The van der Waals surface area contributed by atoms with Crippen molar-refractivity contribution in [2.24, 2.45) is 0 Å². The molecule has 2 aromatic rings. The van der Waals surface area contributed by atoms with Gasteiger partial charge >= 0.3 is 7.12 Å². The average Bonchev–Trinajstić information content (AvgIpc) is 2.90. The largest absolute Gasteiger partial charge is 0.490 e. The fourth-order valence-electron chi connectivity index (χ4n) is 3.29. The lowest BCUT2D eigenvalue weighted by Crippen LogP contribution is -2.41. The van der Waals surface area contributed by atoms with Gasteiger partial charge < -0.3 is 14.0 Å². The lowest BCUT2D eigenvalue weighted by Gasteiger charge is -2.32. The Morgan fingerprint density at radius 2 is 1.39 bits per heavy atom. The molecular formula is C24H31BO3. The predicted octanol–water partition coefficient (Wildman–Crippen LogP) is 5.70. The van der Waals surface area contributed by atoms with Gasteiger partial charge in [-0.05, 0) is 63.2 Å². The molecule has 0 unspecified atom stereocenters. The minimum atomic E-state index is -0.356. The molecule has 28 heavy (non-hydrogen) atoms. The van der Waals surface area contributed by atoms with Crippen molar-refractivity contribution in [2.75, 3.05) is 6.61 Å². The molecule has 0 aromatic heterocycles. The number of hydrogen-bond acceptors (Lipinski definition) is 3. The summed E-state index contributed by atoms with van der Waals surface area (Å²) < 4.78 is 18.7. The summed E-state index contributed by atoms with van der Waals surface area (Å²) >= 11 is 0. The van der Waals surface area contributed by atoms with Crippen molar-refractivity contribution in [3.05, 3.63) is 77.3 Å². The molecule has 0 radical (unpaired) electrons. The molecule has 0 bridgehead atoms. The topological polar surface area (TPSA) is 27.7 Å². The van der Waals surface area contributed by atoms with Gasteiger partial charge in [0.25, 0.3) is 0 Å². The van der Waals surface area contributed by atoms with Gasteiger partial charge in [-0.15, -0.1) is 0 Å². The zero-order valence-corrected chi connectivity index (χ0v) is 17.7. The first-order chi connectivity index (χ1) is 13.3. The van der Waals surface area contributed by atoms with Gasteiger partial charge in [0.1, 0.15) is 0 Å². The molecule has 1 aliphatic heterocycles. The van der Waals surface area contributed by atoms with E-state index >= 15 is 0 Å². The van der Waals surface area contributed by atoms with E-state index in [1.54, 1.807) is 0 Å². The van der Waals surface area contributed by atoms with Crippen LogP contribution in [0.1, 0.15) is 52.2 Å². The van der Waals surface area contributed by atoms with E-state index in [4.69, 9.17) is 14.0 Å². The lowest BCUT2D eigenvalue weighted by molar-refractivity contribution is 0.00578. The van der Waals surface area contributed by atoms with Crippen LogP contribution in [-0.4, -0.2) is 24.9 Å². The smallest absolute Gasteiger partial charge is 0.400 e. The Labute approximate surface area is 169 Å². The van der Waals surface area contributed by atoms with Crippen molar-refractivity contribution in [1.82, 2.24) is 0 Å². The third-order valence-electron chi connectivity index (χ3n) is 5.85. The molecule has 0 atom stereocenters. The molecule has 1 heterocycles. The molecule has 3 nitrogen and oxygen atoms in total. The molecule has 1 saturated heterocycles. The second-order valence-corrected chi connectivity index (χ2v) is 8.39. The van der Waals surface area contributed by atoms with Gasteiger partial charge in [0, 0.05) is 0 Å². The van der Waals surface area contributed by atoms with Crippen molar-refractivity contribution >= 4 is 12.7 Å². The SMILES string of the molecule is C/C(=C(\CCOCc1ccccc1)B1OC(C)(C)C(C)(C)O1)c1ccccc1. The Kier molecular flexibility index (Phi) is 6.44. The number of ether oxygens (including phenoxy) is 1. The summed E-state index contributed by atoms with van der Waals surface area (Å²) in [7, 11) is -0.356. The van der Waals surface area contributed by atoms with E-state index in [1.807, 2.05) is 24.3 Å². The predicted molar refractivity (Wildman–Crippen MR) is 116 cm³/mol. The van der Waals surface area contributed by atoms with E-state index in [2.05, 4.69) is 71.0 Å². The second kappa shape index (κ2) is 8.65. The lowest BCUT2D eigenvalue weighted by atomic mass is 9.72. The summed E-state index contributed by atoms with van der Waals surface area (Å²) in [6, 6.07) is 20.7. The summed E-state index contributed by atoms with van der Waals surface area (Å²) in [5.41, 5.74) is 4.01. The van der Waals surface area contributed by atoms with Crippen LogP contribution in [-0.2, 0) is 20.7 Å². The molecule has 1 fully saturated rings. The average molecular weight is 378 g/mol. The van der Waals surface area contributed by atoms with Gasteiger partial charge in [-0.25, -0.2) is 0 Å². The normalized spacial score (nSPS) is 18.8. The first-order valence-electron chi connectivity index (χ1n) is 10.0. The van der Waals surface area contributed by atoms with Crippen LogP contribution in [0.4, 0.5) is 0 Å². The van der Waals surface area contributed by atoms with E-state index in [0.29, 0.717) is 13.2 Å². The van der Waals surface area contributed by atoms with Crippen LogP contribution < -0.4 is 0 Å². The van der Waals surface area contributed by atoms with E-state index < -0.39 is 0 Å². The minimum Gasteiger partial charge on any atom is -0.400 e. The summed E-state index contributed by atoms with van der Waals surface area (Å²) in [5, 5.41) is 0. The molecule has 0 amide bonds. The van der Waals surface area contributed by atoms with Crippen molar-refractivity contribution in [2.45, 2.75) is 58.8 Å². The number of rotatable bonds is 7. The van der Waals surface area contributed by atoms with Crippen LogP contribution in [0.5, 0.6) is 0 Å². The van der Waals surface area contributed by atoms with Crippen LogP contribution in [0.15, 0.2) is 66.1 Å². The Balaban J connectivity index is 1.76. The van der Waals surface area contributed by atoms with Gasteiger partial charge in [-0.2, -0.15) is 0 Å². The molecule has 0 saturated carbocycles. The van der Waals surface area contributed by atoms with Gasteiger partial charge in [0.2, 0.25) is 0 Å². The zero-order chi connectivity index (χ0) is 20.2. The molecule has 3 rings (SSSR count). The highest BCUT2D eigenvalue weighted by Gasteiger charge is 2.52. The zero-order valence-electron chi connectivity index (χ0n) is 17.7. The maximum atomic E-state index is 6.35. The first kappa shape index (κ1) is 20.8. The Morgan fingerprint density at radius 3 is 1.96 bits per heavy atom. The standard InChI is InChI=1S/C24H31BO3/c1-19(21-14-10-7-11-15-21)22(25-27-23(2,3)24(4,5)28-25)16-17-26-18-20-12-8-6-9-13-20/h6-15H,16-18H2,1-5H3/b22-19-. The first-order valence-corrected chi connectivity index (χ1v) is 10.0. The maximum absolute atomic E-state index is 6.35. The van der Waals surface area contributed by atoms with Crippen LogP contribution in [0, 0.1) is 0 Å².